The molecule has 0 spiro atoms. The summed E-state index contributed by atoms with van der Waals surface area (Å²) in [5.74, 6) is 0.766. The minimum Gasteiger partial charge on any atom is -0.487 e. The molecule has 2 rings (SSSR count). The molecule has 2 aromatic rings. The number of benzene rings is 1. The van der Waals surface area contributed by atoms with Gasteiger partial charge in [0.2, 0.25) is 0 Å². The fraction of sp³-hybridized carbons (Fsp3) is 0.286. The van der Waals surface area contributed by atoms with E-state index in [-0.39, 0.29) is 0 Å². The van der Waals surface area contributed by atoms with Gasteiger partial charge in [-0.2, -0.15) is 5.10 Å². The van der Waals surface area contributed by atoms with Crippen LogP contribution < -0.4 is 4.74 Å². The summed E-state index contributed by atoms with van der Waals surface area (Å²) in [4.78, 5) is 0. The summed E-state index contributed by atoms with van der Waals surface area (Å²) in [7, 11) is 1.87. The van der Waals surface area contributed by atoms with Gasteiger partial charge < -0.3 is 9.94 Å². The van der Waals surface area contributed by atoms with Crippen LogP contribution in [-0.4, -0.2) is 20.7 Å². The summed E-state index contributed by atoms with van der Waals surface area (Å²) in [5.41, 5.74) is 2.45. The molecule has 0 saturated heterocycles. The van der Waals surface area contributed by atoms with E-state index in [1.165, 1.54) is 0 Å². The number of oxime groups is 1. The predicted octanol–water partition coefficient (Wildman–Crippen LogP) is 2.59. The van der Waals surface area contributed by atoms with Gasteiger partial charge >= 0.3 is 0 Å². The summed E-state index contributed by atoms with van der Waals surface area (Å²) >= 11 is 0. The van der Waals surface area contributed by atoms with Gasteiger partial charge in [0, 0.05) is 13.2 Å². The Bertz CT molecular complexity index is 558. The topological polar surface area (TPSA) is 59.6 Å². The normalized spacial score (nSPS) is 11.6. The van der Waals surface area contributed by atoms with Crippen molar-refractivity contribution in [2.75, 3.05) is 0 Å². The summed E-state index contributed by atoms with van der Waals surface area (Å²) in [5, 5.41) is 16.4. The number of hydrogen-bond donors (Lipinski definition) is 1. The second kappa shape index (κ2) is 6.04. The predicted molar refractivity (Wildman–Crippen MR) is 72.6 cm³/mol. The van der Waals surface area contributed by atoms with Crippen LogP contribution in [0.4, 0.5) is 0 Å². The molecule has 5 heteroatoms. The van der Waals surface area contributed by atoms with Crippen LogP contribution in [0.25, 0.3) is 0 Å². The summed E-state index contributed by atoms with van der Waals surface area (Å²) < 4.78 is 7.37. The van der Waals surface area contributed by atoms with E-state index in [0.717, 1.165) is 17.0 Å². The lowest BCUT2D eigenvalue weighted by atomic mass is 10.1. The molecule has 0 saturated carbocycles. The molecule has 0 radical (unpaired) electrons. The Hall–Kier alpha value is -2.30. The Kier molecular flexibility index (Phi) is 4.18. The highest BCUT2D eigenvalue weighted by molar-refractivity contribution is 6.00. The lowest BCUT2D eigenvalue weighted by Gasteiger charge is -2.06. The number of aromatic nitrogens is 2. The largest absolute Gasteiger partial charge is 0.487 e. The quantitative estimate of drug-likeness (QED) is 0.510. The van der Waals surface area contributed by atoms with Crippen LogP contribution in [-0.2, 0) is 13.7 Å². The first kappa shape index (κ1) is 13.1. The van der Waals surface area contributed by atoms with E-state index in [0.29, 0.717) is 18.7 Å². The fourth-order valence-electron chi connectivity index (χ4n) is 1.77. The SMILES string of the molecule is CC/C(=N/O)c1ccc(OCc2ccn(C)n2)cc1. The summed E-state index contributed by atoms with van der Waals surface area (Å²) in [6.45, 7) is 2.38. The van der Waals surface area contributed by atoms with E-state index >= 15 is 0 Å². The molecule has 1 N–H and O–H groups in total. The standard InChI is InChI=1S/C14H17N3O2/c1-3-14(16-18)11-4-6-13(7-5-11)19-10-12-8-9-17(2)15-12/h4-9,18H,3,10H2,1-2H3/b16-14-. The maximum Gasteiger partial charge on any atom is 0.132 e. The first-order chi connectivity index (χ1) is 9.22. The van der Waals surface area contributed by atoms with Crippen molar-refractivity contribution in [3.8, 4) is 5.75 Å². The third-order valence-corrected chi connectivity index (χ3v) is 2.80. The number of ether oxygens (including phenoxy) is 1. The number of rotatable bonds is 5. The molecule has 100 valence electrons. The molecule has 0 unspecified atom stereocenters. The molecule has 0 bridgehead atoms. The molecule has 1 aromatic carbocycles. The van der Waals surface area contributed by atoms with E-state index in [2.05, 4.69) is 10.3 Å². The van der Waals surface area contributed by atoms with Crippen LogP contribution in [0.3, 0.4) is 0 Å². The third kappa shape index (κ3) is 3.34. The maximum absolute atomic E-state index is 8.85. The van der Waals surface area contributed by atoms with E-state index in [1.807, 2.05) is 50.5 Å². The van der Waals surface area contributed by atoms with Gasteiger partial charge in [-0.3, -0.25) is 4.68 Å². The fourth-order valence-corrected chi connectivity index (χ4v) is 1.77. The van der Waals surface area contributed by atoms with Gasteiger partial charge in [-0.1, -0.05) is 12.1 Å². The molecule has 1 heterocycles. The monoisotopic (exact) mass is 259 g/mol. The van der Waals surface area contributed by atoms with Crippen molar-refractivity contribution in [2.24, 2.45) is 12.2 Å². The summed E-state index contributed by atoms with van der Waals surface area (Å²) in [6, 6.07) is 9.40. The molecule has 0 aliphatic rings. The van der Waals surface area contributed by atoms with E-state index < -0.39 is 0 Å². The van der Waals surface area contributed by atoms with Crippen LogP contribution in [0.2, 0.25) is 0 Å². The van der Waals surface area contributed by atoms with Gasteiger partial charge in [-0.05, 0) is 42.3 Å². The summed E-state index contributed by atoms with van der Waals surface area (Å²) in [6.07, 6.45) is 2.57. The second-order valence-electron chi connectivity index (χ2n) is 4.19. The third-order valence-electron chi connectivity index (χ3n) is 2.80. The molecule has 0 fully saturated rings. The average Bonchev–Trinajstić information content (AvgIpc) is 2.85. The zero-order valence-corrected chi connectivity index (χ0v) is 11.1. The van der Waals surface area contributed by atoms with Crippen molar-refractivity contribution in [2.45, 2.75) is 20.0 Å². The van der Waals surface area contributed by atoms with Gasteiger partial charge in [0.25, 0.3) is 0 Å². The minimum absolute atomic E-state index is 0.439. The van der Waals surface area contributed by atoms with E-state index in [1.54, 1.807) is 4.68 Å². The smallest absolute Gasteiger partial charge is 0.132 e. The molecular weight excluding hydrogens is 242 g/mol. The molecule has 0 atom stereocenters. The van der Waals surface area contributed by atoms with Crippen molar-refractivity contribution in [1.29, 1.82) is 0 Å². The zero-order valence-electron chi connectivity index (χ0n) is 11.1. The molecular formula is C14H17N3O2. The maximum atomic E-state index is 8.85. The Morgan fingerprint density at radius 3 is 2.58 bits per heavy atom. The second-order valence-corrected chi connectivity index (χ2v) is 4.19. The zero-order chi connectivity index (χ0) is 13.7. The number of hydrogen-bond acceptors (Lipinski definition) is 4. The Morgan fingerprint density at radius 2 is 2.05 bits per heavy atom. The van der Waals surface area contributed by atoms with Crippen LogP contribution in [0.5, 0.6) is 5.75 Å². The van der Waals surface area contributed by atoms with Gasteiger partial charge in [0.1, 0.15) is 12.4 Å². The van der Waals surface area contributed by atoms with Gasteiger partial charge in [-0.25, -0.2) is 0 Å². The molecule has 0 amide bonds. The van der Waals surface area contributed by atoms with E-state index in [4.69, 9.17) is 9.94 Å². The van der Waals surface area contributed by atoms with Gasteiger partial charge in [0.05, 0.1) is 11.4 Å². The minimum atomic E-state index is 0.439. The Morgan fingerprint density at radius 1 is 1.32 bits per heavy atom. The van der Waals surface area contributed by atoms with Gasteiger partial charge in [0.15, 0.2) is 0 Å². The van der Waals surface area contributed by atoms with Crippen molar-refractivity contribution >= 4 is 5.71 Å². The van der Waals surface area contributed by atoms with Crippen LogP contribution in [0, 0.1) is 0 Å². The lowest BCUT2D eigenvalue weighted by molar-refractivity contribution is 0.300. The molecule has 5 nitrogen and oxygen atoms in total. The first-order valence-electron chi connectivity index (χ1n) is 6.15. The van der Waals surface area contributed by atoms with Crippen molar-refractivity contribution in [3.63, 3.8) is 0 Å². The van der Waals surface area contributed by atoms with Crippen molar-refractivity contribution in [3.05, 3.63) is 47.8 Å². The van der Waals surface area contributed by atoms with Gasteiger partial charge in [-0.15, -0.1) is 0 Å². The van der Waals surface area contributed by atoms with Crippen LogP contribution in [0.15, 0.2) is 41.7 Å². The average molecular weight is 259 g/mol. The number of aryl methyl sites for hydroxylation is 1. The van der Waals surface area contributed by atoms with Crippen LogP contribution in [0.1, 0.15) is 24.6 Å². The molecule has 1 aromatic heterocycles. The molecule has 0 aliphatic carbocycles. The molecule has 19 heavy (non-hydrogen) atoms. The van der Waals surface area contributed by atoms with Crippen molar-refractivity contribution < 1.29 is 9.94 Å². The van der Waals surface area contributed by atoms with Crippen molar-refractivity contribution in [1.82, 2.24) is 9.78 Å². The van der Waals surface area contributed by atoms with E-state index in [9.17, 15) is 0 Å². The van der Waals surface area contributed by atoms with Crippen LogP contribution >= 0.6 is 0 Å². The molecule has 0 aliphatic heterocycles. The first-order valence-corrected chi connectivity index (χ1v) is 6.15. The lowest BCUT2D eigenvalue weighted by Crippen LogP contribution is -2.00. The Labute approximate surface area is 112 Å². The Balaban J connectivity index is 1.99. The highest BCUT2D eigenvalue weighted by Gasteiger charge is 2.03. The highest BCUT2D eigenvalue weighted by Crippen LogP contribution is 2.15. The number of nitrogens with zero attached hydrogens (tertiary/aromatic N) is 3. The highest BCUT2D eigenvalue weighted by atomic mass is 16.5.